The van der Waals surface area contributed by atoms with Gasteiger partial charge in [-0.15, -0.1) is 0 Å². The summed E-state index contributed by atoms with van der Waals surface area (Å²) < 4.78 is 5.34. The number of carbonyl (C=O) groups is 1. The highest BCUT2D eigenvalue weighted by Gasteiger charge is 2.44. The van der Waals surface area contributed by atoms with E-state index in [2.05, 4.69) is 72.5 Å². The summed E-state index contributed by atoms with van der Waals surface area (Å²) in [4.78, 5) is 14.9. The molecule has 2 aromatic rings. The quantitative estimate of drug-likeness (QED) is 0.670. The van der Waals surface area contributed by atoms with Gasteiger partial charge in [-0.2, -0.15) is 0 Å². The molecule has 0 spiro atoms. The number of hydrogen-bond donors (Lipinski definition) is 0. The van der Waals surface area contributed by atoms with E-state index in [1.165, 1.54) is 11.1 Å². The number of benzene rings is 2. The van der Waals surface area contributed by atoms with Crippen LogP contribution in [-0.4, -0.2) is 23.5 Å². The number of ether oxygens (including phenoxy) is 1. The van der Waals surface area contributed by atoms with Crippen molar-refractivity contribution in [1.82, 2.24) is 4.90 Å². The second-order valence-corrected chi connectivity index (χ2v) is 7.55. The van der Waals surface area contributed by atoms with E-state index in [9.17, 15) is 4.79 Å². The van der Waals surface area contributed by atoms with Crippen molar-refractivity contribution >= 4 is 5.97 Å². The summed E-state index contributed by atoms with van der Waals surface area (Å²) in [6, 6.07) is 21.6. The largest absolute Gasteiger partial charge is 0.466 e. The van der Waals surface area contributed by atoms with Gasteiger partial charge in [0, 0.05) is 19.1 Å². The van der Waals surface area contributed by atoms with Gasteiger partial charge in [-0.05, 0) is 44.2 Å². The van der Waals surface area contributed by atoms with Gasteiger partial charge < -0.3 is 4.74 Å². The smallest absolute Gasteiger partial charge is 0.311 e. The van der Waals surface area contributed by atoms with E-state index in [-0.39, 0.29) is 11.4 Å². The SMILES string of the molecule is CCOC(=O)C1(C)CCC(N(Cc2ccccc2)Cc2ccccc2)C1. The molecule has 2 unspecified atom stereocenters. The Morgan fingerprint density at radius 3 is 2.08 bits per heavy atom. The van der Waals surface area contributed by atoms with Crippen molar-refractivity contribution in [3.05, 3.63) is 71.8 Å². The van der Waals surface area contributed by atoms with Crippen molar-refractivity contribution in [3.63, 3.8) is 0 Å². The minimum absolute atomic E-state index is 0.0399. The van der Waals surface area contributed by atoms with Gasteiger partial charge in [-0.1, -0.05) is 60.7 Å². The number of esters is 1. The average molecular weight is 351 g/mol. The van der Waals surface area contributed by atoms with Gasteiger partial charge in [0.15, 0.2) is 0 Å². The molecule has 3 nitrogen and oxygen atoms in total. The van der Waals surface area contributed by atoms with Crippen LogP contribution in [-0.2, 0) is 22.6 Å². The third-order valence-electron chi connectivity index (χ3n) is 5.46. The number of nitrogens with zero attached hydrogens (tertiary/aromatic N) is 1. The Kier molecular flexibility index (Phi) is 6.10. The Hall–Kier alpha value is -2.13. The van der Waals surface area contributed by atoms with Crippen LogP contribution in [0, 0.1) is 5.41 Å². The lowest BCUT2D eigenvalue weighted by Gasteiger charge is -2.30. The van der Waals surface area contributed by atoms with Crippen molar-refractivity contribution in [2.45, 2.75) is 52.2 Å². The van der Waals surface area contributed by atoms with Crippen molar-refractivity contribution in [3.8, 4) is 0 Å². The standard InChI is InChI=1S/C23H29NO2/c1-3-26-22(25)23(2)15-14-21(16-23)24(17-19-10-6-4-7-11-19)18-20-12-8-5-9-13-20/h4-13,21H,3,14-18H2,1-2H3. The highest BCUT2D eigenvalue weighted by Crippen LogP contribution is 2.41. The molecule has 1 fully saturated rings. The van der Waals surface area contributed by atoms with Crippen molar-refractivity contribution < 1.29 is 9.53 Å². The predicted octanol–water partition coefficient (Wildman–Crippen LogP) is 4.81. The summed E-state index contributed by atoms with van der Waals surface area (Å²) >= 11 is 0. The molecule has 0 amide bonds. The summed E-state index contributed by atoms with van der Waals surface area (Å²) in [5.74, 6) is -0.0399. The Morgan fingerprint density at radius 2 is 1.58 bits per heavy atom. The molecule has 26 heavy (non-hydrogen) atoms. The highest BCUT2D eigenvalue weighted by molar-refractivity contribution is 5.76. The van der Waals surface area contributed by atoms with Crippen molar-refractivity contribution in [2.75, 3.05) is 6.61 Å². The van der Waals surface area contributed by atoms with E-state index >= 15 is 0 Å². The summed E-state index contributed by atoms with van der Waals surface area (Å²) in [5.41, 5.74) is 2.27. The van der Waals surface area contributed by atoms with Crippen LogP contribution in [0.1, 0.15) is 44.2 Å². The third-order valence-corrected chi connectivity index (χ3v) is 5.46. The van der Waals surface area contributed by atoms with E-state index in [1.807, 2.05) is 6.92 Å². The van der Waals surface area contributed by atoms with Gasteiger partial charge in [0.2, 0.25) is 0 Å². The summed E-state index contributed by atoms with van der Waals surface area (Å²) in [6.45, 7) is 6.20. The molecule has 2 atom stereocenters. The summed E-state index contributed by atoms with van der Waals surface area (Å²) in [6.07, 6.45) is 2.80. The van der Waals surface area contributed by atoms with Crippen LogP contribution in [0.2, 0.25) is 0 Å². The molecule has 0 aromatic heterocycles. The predicted molar refractivity (Wildman–Crippen MR) is 105 cm³/mol. The molecule has 3 heteroatoms. The fraction of sp³-hybridized carbons (Fsp3) is 0.435. The van der Waals surface area contributed by atoms with Gasteiger partial charge in [-0.25, -0.2) is 0 Å². The van der Waals surface area contributed by atoms with Gasteiger partial charge in [-0.3, -0.25) is 9.69 Å². The van der Waals surface area contributed by atoms with Crippen LogP contribution in [0.5, 0.6) is 0 Å². The minimum atomic E-state index is -0.355. The van der Waals surface area contributed by atoms with Gasteiger partial charge in [0.05, 0.1) is 12.0 Å². The lowest BCUT2D eigenvalue weighted by atomic mass is 9.88. The van der Waals surface area contributed by atoms with E-state index in [4.69, 9.17) is 4.74 Å². The minimum Gasteiger partial charge on any atom is -0.466 e. The molecule has 1 aliphatic carbocycles. The van der Waals surface area contributed by atoms with Crippen LogP contribution >= 0.6 is 0 Å². The highest BCUT2D eigenvalue weighted by atomic mass is 16.5. The first-order chi connectivity index (χ1) is 12.6. The zero-order valence-corrected chi connectivity index (χ0v) is 15.9. The van der Waals surface area contributed by atoms with E-state index in [0.29, 0.717) is 12.6 Å². The first-order valence-electron chi connectivity index (χ1n) is 9.60. The number of carbonyl (C=O) groups excluding carboxylic acids is 1. The first kappa shape index (κ1) is 18.7. The lowest BCUT2D eigenvalue weighted by molar-refractivity contribution is -0.154. The van der Waals surface area contributed by atoms with Crippen LogP contribution in [0.25, 0.3) is 0 Å². The molecular formula is C23H29NO2. The van der Waals surface area contributed by atoms with Gasteiger partial charge in [0.1, 0.15) is 0 Å². The number of hydrogen-bond acceptors (Lipinski definition) is 3. The molecule has 1 saturated carbocycles. The van der Waals surface area contributed by atoms with Gasteiger partial charge >= 0.3 is 5.97 Å². The second-order valence-electron chi connectivity index (χ2n) is 7.55. The molecule has 0 aliphatic heterocycles. The van der Waals surface area contributed by atoms with E-state index in [1.54, 1.807) is 0 Å². The maximum Gasteiger partial charge on any atom is 0.311 e. The van der Waals surface area contributed by atoms with Crippen LogP contribution in [0.3, 0.4) is 0 Å². The second kappa shape index (κ2) is 8.50. The zero-order chi connectivity index (χ0) is 18.4. The van der Waals surface area contributed by atoms with Crippen LogP contribution in [0.15, 0.2) is 60.7 Å². The first-order valence-corrected chi connectivity index (χ1v) is 9.60. The normalized spacial score (nSPS) is 22.5. The summed E-state index contributed by atoms with van der Waals surface area (Å²) in [7, 11) is 0. The van der Waals surface area contributed by atoms with Crippen molar-refractivity contribution in [1.29, 1.82) is 0 Å². The Morgan fingerprint density at radius 1 is 1.04 bits per heavy atom. The maximum absolute atomic E-state index is 12.4. The maximum atomic E-state index is 12.4. The van der Waals surface area contributed by atoms with E-state index in [0.717, 1.165) is 32.4 Å². The fourth-order valence-corrected chi connectivity index (χ4v) is 3.96. The summed E-state index contributed by atoms with van der Waals surface area (Å²) in [5, 5.41) is 0. The molecule has 3 rings (SSSR count). The number of rotatable bonds is 7. The molecule has 0 radical (unpaired) electrons. The molecular weight excluding hydrogens is 322 g/mol. The topological polar surface area (TPSA) is 29.5 Å². The van der Waals surface area contributed by atoms with Crippen LogP contribution < -0.4 is 0 Å². The van der Waals surface area contributed by atoms with Crippen molar-refractivity contribution in [2.24, 2.45) is 5.41 Å². The Labute approximate surface area is 157 Å². The molecule has 0 heterocycles. The third kappa shape index (κ3) is 4.53. The zero-order valence-electron chi connectivity index (χ0n) is 15.9. The van der Waals surface area contributed by atoms with Gasteiger partial charge in [0.25, 0.3) is 0 Å². The fourth-order valence-electron chi connectivity index (χ4n) is 3.96. The molecule has 138 valence electrons. The average Bonchev–Trinajstić information content (AvgIpc) is 3.07. The molecule has 0 bridgehead atoms. The van der Waals surface area contributed by atoms with Crippen LogP contribution in [0.4, 0.5) is 0 Å². The lowest BCUT2D eigenvalue weighted by Crippen LogP contribution is -2.35. The Balaban J connectivity index is 1.76. The molecule has 2 aromatic carbocycles. The Bertz CT molecular complexity index is 659. The van der Waals surface area contributed by atoms with E-state index < -0.39 is 0 Å². The molecule has 0 saturated heterocycles. The monoisotopic (exact) mass is 351 g/mol. The molecule has 1 aliphatic rings. The molecule has 0 N–H and O–H groups in total.